The van der Waals surface area contributed by atoms with Gasteiger partial charge in [-0.2, -0.15) is 0 Å². The van der Waals surface area contributed by atoms with E-state index in [-0.39, 0.29) is 56.7 Å². The molecule has 1 amide bonds. The van der Waals surface area contributed by atoms with Crippen molar-refractivity contribution >= 4 is 23.5 Å². The van der Waals surface area contributed by atoms with Gasteiger partial charge in [0, 0.05) is 37.6 Å². The number of nitro benzene ring substituents is 1. The van der Waals surface area contributed by atoms with Gasteiger partial charge in [-0.3, -0.25) is 24.5 Å². The Balaban J connectivity index is 2.13. The molecular formula is C19H24N2O7. The number of carbonyl (C=O) groups is 3. The molecule has 1 saturated heterocycles. The van der Waals surface area contributed by atoms with Crippen LogP contribution in [0, 0.1) is 16.0 Å². The second kappa shape index (κ2) is 9.82. The third-order valence-electron chi connectivity index (χ3n) is 4.64. The van der Waals surface area contributed by atoms with Gasteiger partial charge in [0.2, 0.25) is 5.91 Å². The minimum atomic E-state index is -0.562. The summed E-state index contributed by atoms with van der Waals surface area (Å²) in [5.74, 6) is -1.98. The second-order valence-corrected chi connectivity index (χ2v) is 6.42. The topological polar surface area (TPSA) is 116 Å². The zero-order valence-corrected chi connectivity index (χ0v) is 16.0. The highest BCUT2D eigenvalue weighted by molar-refractivity contribution is 5.83. The molecule has 9 nitrogen and oxygen atoms in total. The van der Waals surface area contributed by atoms with Crippen LogP contribution < -0.4 is 0 Å². The third kappa shape index (κ3) is 5.28. The van der Waals surface area contributed by atoms with Gasteiger partial charge in [0.25, 0.3) is 5.69 Å². The SMILES string of the molecule is CCOC(=O)CCC(=O)N1CC(C(=O)OCC)C(c2ccc([N+](=O)[O-])cc2)C1. The first-order valence-electron chi connectivity index (χ1n) is 9.21. The summed E-state index contributed by atoms with van der Waals surface area (Å²) >= 11 is 0. The van der Waals surface area contributed by atoms with E-state index in [0.717, 1.165) is 5.56 Å². The predicted octanol–water partition coefficient (Wildman–Crippen LogP) is 2.04. The molecule has 28 heavy (non-hydrogen) atoms. The monoisotopic (exact) mass is 392 g/mol. The van der Waals surface area contributed by atoms with Crippen molar-refractivity contribution in [3.63, 3.8) is 0 Å². The van der Waals surface area contributed by atoms with Gasteiger partial charge in [-0.25, -0.2) is 0 Å². The minimum absolute atomic E-state index is 0.00135. The van der Waals surface area contributed by atoms with Crippen LogP contribution in [0.4, 0.5) is 5.69 Å². The first-order valence-corrected chi connectivity index (χ1v) is 9.21. The number of hydrogen-bond acceptors (Lipinski definition) is 7. The van der Waals surface area contributed by atoms with Gasteiger partial charge < -0.3 is 14.4 Å². The zero-order valence-electron chi connectivity index (χ0n) is 16.0. The van der Waals surface area contributed by atoms with Gasteiger partial charge >= 0.3 is 11.9 Å². The molecule has 1 aromatic carbocycles. The van der Waals surface area contributed by atoms with E-state index in [0.29, 0.717) is 0 Å². The molecule has 1 fully saturated rings. The summed E-state index contributed by atoms with van der Waals surface area (Å²) in [6.07, 6.45) is -0.0171. The maximum atomic E-state index is 12.5. The van der Waals surface area contributed by atoms with Crippen molar-refractivity contribution in [1.29, 1.82) is 0 Å². The second-order valence-electron chi connectivity index (χ2n) is 6.42. The summed E-state index contributed by atoms with van der Waals surface area (Å²) in [5, 5.41) is 10.8. The number of benzene rings is 1. The van der Waals surface area contributed by atoms with Crippen LogP contribution in [-0.2, 0) is 23.9 Å². The van der Waals surface area contributed by atoms with Crippen LogP contribution in [-0.4, -0.2) is 54.0 Å². The summed E-state index contributed by atoms with van der Waals surface area (Å²) in [4.78, 5) is 48.2. The molecule has 0 radical (unpaired) electrons. The van der Waals surface area contributed by atoms with Crippen LogP contribution in [0.15, 0.2) is 24.3 Å². The molecule has 9 heteroatoms. The van der Waals surface area contributed by atoms with Gasteiger partial charge in [0.15, 0.2) is 0 Å². The summed E-state index contributed by atoms with van der Waals surface area (Å²) in [7, 11) is 0. The lowest BCUT2D eigenvalue weighted by molar-refractivity contribution is -0.384. The van der Waals surface area contributed by atoms with E-state index in [2.05, 4.69) is 0 Å². The van der Waals surface area contributed by atoms with E-state index in [1.165, 1.54) is 17.0 Å². The van der Waals surface area contributed by atoms with Crippen LogP contribution in [0.5, 0.6) is 0 Å². The molecule has 1 aromatic rings. The first-order chi connectivity index (χ1) is 13.4. The average Bonchev–Trinajstić information content (AvgIpc) is 3.12. The Kier molecular flexibility index (Phi) is 7.48. The van der Waals surface area contributed by atoms with Gasteiger partial charge in [-0.05, 0) is 19.4 Å². The third-order valence-corrected chi connectivity index (χ3v) is 4.64. The van der Waals surface area contributed by atoms with Crippen LogP contribution in [0.2, 0.25) is 0 Å². The van der Waals surface area contributed by atoms with Crippen molar-refractivity contribution in [2.75, 3.05) is 26.3 Å². The van der Waals surface area contributed by atoms with E-state index in [4.69, 9.17) is 9.47 Å². The first kappa shape index (κ1) is 21.3. The van der Waals surface area contributed by atoms with Crippen molar-refractivity contribution in [2.45, 2.75) is 32.6 Å². The van der Waals surface area contributed by atoms with Crippen molar-refractivity contribution in [3.8, 4) is 0 Å². The quantitative estimate of drug-likeness (QED) is 0.377. The van der Waals surface area contributed by atoms with Crippen molar-refractivity contribution in [3.05, 3.63) is 39.9 Å². The van der Waals surface area contributed by atoms with Crippen molar-refractivity contribution in [1.82, 2.24) is 4.90 Å². The molecule has 0 saturated carbocycles. The van der Waals surface area contributed by atoms with E-state index in [9.17, 15) is 24.5 Å². The highest BCUT2D eigenvalue weighted by Crippen LogP contribution is 2.34. The molecule has 1 heterocycles. The lowest BCUT2D eigenvalue weighted by atomic mass is 9.89. The molecule has 152 valence electrons. The van der Waals surface area contributed by atoms with Gasteiger partial charge in [0.1, 0.15) is 0 Å². The molecule has 1 aliphatic heterocycles. The fourth-order valence-corrected chi connectivity index (χ4v) is 3.28. The Morgan fingerprint density at radius 3 is 2.29 bits per heavy atom. The summed E-state index contributed by atoms with van der Waals surface area (Å²) < 4.78 is 9.97. The Bertz CT molecular complexity index is 732. The maximum Gasteiger partial charge on any atom is 0.311 e. The number of nitro groups is 1. The molecule has 1 aliphatic rings. The smallest absolute Gasteiger partial charge is 0.311 e. The molecule has 0 aliphatic carbocycles. The van der Waals surface area contributed by atoms with E-state index in [1.807, 2.05) is 0 Å². The fourth-order valence-electron chi connectivity index (χ4n) is 3.28. The number of nitrogens with zero attached hydrogens (tertiary/aromatic N) is 2. The standard InChI is InChI=1S/C19H24N2O7/c1-3-27-18(23)10-9-17(22)20-11-15(16(12-20)19(24)28-4-2)13-5-7-14(8-6-13)21(25)26/h5-8,15-16H,3-4,9-12H2,1-2H3. The normalized spacial score (nSPS) is 18.6. The van der Waals surface area contributed by atoms with E-state index >= 15 is 0 Å². The van der Waals surface area contributed by atoms with Crippen LogP contribution in [0.3, 0.4) is 0 Å². The van der Waals surface area contributed by atoms with Crippen LogP contribution in [0.1, 0.15) is 38.2 Å². The van der Waals surface area contributed by atoms with Crippen molar-refractivity contribution in [2.24, 2.45) is 5.92 Å². The Labute approximate surface area is 162 Å². The fraction of sp³-hybridized carbons (Fsp3) is 0.526. The lowest BCUT2D eigenvalue weighted by Gasteiger charge is -2.17. The van der Waals surface area contributed by atoms with Crippen LogP contribution in [0.25, 0.3) is 0 Å². The Hall–Kier alpha value is -2.97. The summed E-state index contributed by atoms with van der Waals surface area (Å²) in [6.45, 7) is 4.34. The molecule has 2 atom stereocenters. The zero-order chi connectivity index (χ0) is 20.7. The van der Waals surface area contributed by atoms with Gasteiger partial charge in [-0.1, -0.05) is 12.1 Å². The number of non-ortho nitro benzene ring substituents is 1. The largest absolute Gasteiger partial charge is 0.466 e. The van der Waals surface area contributed by atoms with E-state index in [1.54, 1.807) is 26.0 Å². The minimum Gasteiger partial charge on any atom is -0.466 e. The number of hydrogen-bond donors (Lipinski definition) is 0. The highest BCUT2D eigenvalue weighted by Gasteiger charge is 2.41. The number of rotatable bonds is 8. The molecule has 2 rings (SSSR count). The lowest BCUT2D eigenvalue weighted by Crippen LogP contribution is -2.30. The number of ether oxygens (including phenoxy) is 2. The van der Waals surface area contributed by atoms with Gasteiger partial charge in [-0.15, -0.1) is 0 Å². The average molecular weight is 392 g/mol. The molecule has 0 N–H and O–H groups in total. The van der Waals surface area contributed by atoms with Crippen LogP contribution >= 0.6 is 0 Å². The Morgan fingerprint density at radius 1 is 1.07 bits per heavy atom. The Morgan fingerprint density at radius 2 is 1.71 bits per heavy atom. The van der Waals surface area contributed by atoms with E-state index < -0.39 is 22.8 Å². The number of carbonyl (C=O) groups excluding carboxylic acids is 3. The molecule has 0 spiro atoms. The molecule has 0 bridgehead atoms. The summed E-state index contributed by atoms with van der Waals surface area (Å²) in [6, 6.07) is 5.95. The number of amides is 1. The number of esters is 2. The number of likely N-dealkylation sites (tertiary alicyclic amines) is 1. The highest BCUT2D eigenvalue weighted by atomic mass is 16.6. The van der Waals surface area contributed by atoms with Gasteiger partial charge in [0.05, 0.1) is 30.5 Å². The molecule has 0 aromatic heterocycles. The predicted molar refractivity (Wildman–Crippen MR) is 98.4 cm³/mol. The molecular weight excluding hydrogens is 368 g/mol. The van der Waals surface area contributed by atoms with Crippen molar-refractivity contribution < 1.29 is 28.8 Å². The maximum absolute atomic E-state index is 12.5. The molecule has 2 unspecified atom stereocenters. The summed E-state index contributed by atoms with van der Waals surface area (Å²) in [5.41, 5.74) is 0.682.